The van der Waals surface area contributed by atoms with Gasteiger partial charge in [0.1, 0.15) is 11.6 Å². The van der Waals surface area contributed by atoms with Gasteiger partial charge < -0.3 is 19.9 Å². The first-order valence-corrected chi connectivity index (χ1v) is 7.64. The van der Waals surface area contributed by atoms with Gasteiger partial charge >= 0.3 is 0 Å². The fourth-order valence-corrected chi connectivity index (χ4v) is 2.56. The predicted octanol–water partition coefficient (Wildman–Crippen LogP) is 3.66. The van der Waals surface area contributed by atoms with Gasteiger partial charge in [-0.2, -0.15) is 4.98 Å². The van der Waals surface area contributed by atoms with Gasteiger partial charge in [0.2, 0.25) is 5.28 Å². The number of nitrogens with zero attached hydrogens (tertiary/aromatic N) is 3. The summed E-state index contributed by atoms with van der Waals surface area (Å²) in [5.74, 6) is 0.965. The van der Waals surface area contributed by atoms with Crippen molar-refractivity contribution < 1.29 is 19.5 Å². The molecule has 0 fully saturated rings. The van der Waals surface area contributed by atoms with Crippen LogP contribution in [-0.2, 0) is 0 Å². The smallest absolute Gasteiger partial charge is 0.271 e. The number of phenols is 1. The summed E-state index contributed by atoms with van der Waals surface area (Å²) in [5.41, 5.74) is 0.383. The number of nitro benzene ring substituents is 1. The van der Waals surface area contributed by atoms with E-state index in [2.05, 4.69) is 15.3 Å². The molecule has 26 heavy (non-hydrogen) atoms. The first kappa shape index (κ1) is 17.5. The highest BCUT2D eigenvalue weighted by atomic mass is 35.5. The number of fused-ring (bicyclic) bond motifs is 1. The van der Waals surface area contributed by atoms with E-state index in [4.69, 9.17) is 21.1 Å². The highest BCUT2D eigenvalue weighted by Crippen LogP contribution is 2.37. The Hall–Kier alpha value is -3.33. The number of nitrogens with one attached hydrogen (secondary N) is 1. The van der Waals surface area contributed by atoms with Crippen LogP contribution in [0.4, 0.5) is 17.2 Å². The third kappa shape index (κ3) is 3.24. The highest BCUT2D eigenvalue weighted by molar-refractivity contribution is 6.28. The Labute approximate surface area is 152 Å². The van der Waals surface area contributed by atoms with Crippen LogP contribution in [0.5, 0.6) is 17.2 Å². The number of methoxy groups -OCH3 is 2. The van der Waals surface area contributed by atoms with Crippen molar-refractivity contribution in [1.29, 1.82) is 0 Å². The van der Waals surface area contributed by atoms with Gasteiger partial charge in [-0.1, -0.05) is 0 Å². The second-order valence-electron chi connectivity index (χ2n) is 5.15. The molecule has 3 rings (SSSR count). The van der Waals surface area contributed by atoms with Gasteiger partial charge in [0.05, 0.1) is 30.3 Å². The molecule has 1 heterocycles. The maximum Gasteiger partial charge on any atom is 0.271 e. The predicted molar refractivity (Wildman–Crippen MR) is 95.7 cm³/mol. The second-order valence-corrected chi connectivity index (χ2v) is 5.49. The van der Waals surface area contributed by atoms with Crippen molar-refractivity contribution in [3.05, 3.63) is 45.7 Å². The highest BCUT2D eigenvalue weighted by Gasteiger charge is 2.16. The van der Waals surface area contributed by atoms with Crippen LogP contribution in [0, 0.1) is 10.1 Å². The number of phenolic OH excluding ortho intramolecular Hbond substituents is 1. The minimum Gasteiger partial charge on any atom is -0.506 e. The third-order valence-electron chi connectivity index (χ3n) is 3.62. The number of aromatic hydroxyl groups is 1. The monoisotopic (exact) mass is 376 g/mol. The zero-order valence-corrected chi connectivity index (χ0v) is 14.4. The van der Waals surface area contributed by atoms with E-state index in [9.17, 15) is 15.2 Å². The Balaban J connectivity index is 2.16. The molecule has 0 unspecified atom stereocenters. The zero-order chi connectivity index (χ0) is 18.8. The summed E-state index contributed by atoms with van der Waals surface area (Å²) < 4.78 is 10.5. The molecule has 9 nitrogen and oxygen atoms in total. The Kier molecular flexibility index (Phi) is 4.63. The molecule has 3 aromatic rings. The second kappa shape index (κ2) is 6.89. The molecule has 0 aliphatic carbocycles. The summed E-state index contributed by atoms with van der Waals surface area (Å²) in [4.78, 5) is 18.6. The molecule has 1 aromatic heterocycles. The standard InChI is InChI=1S/C16H13ClN4O5/c1-25-13-6-9-10(7-14(13)26-2)19-16(17)20-15(9)18-11-5-8(21(23)24)3-4-12(11)22/h3-7,22H,1-2H3,(H,18,19,20). The minimum atomic E-state index is -0.566. The molecule has 0 radical (unpaired) electrons. The van der Waals surface area contributed by atoms with E-state index in [0.29, 0.717) is 22.4 Å². The first-order valence-electron chi connectivity index (χ1n) is 7.26. The summed E-state index contributed by atoms with van der Waals surface area (Å²) in [6, 6.07) is 6.87. The lowest BCUT2D eigenvalue weighted by atomic mass is 10.2. The number of non-ortho nitro benzene ring substituents is 1. The number of ether oxygens (including phenoxy) is 2. The fourth-order valence-electron chi connectivity index (χ4n) is 2.39. The lowest BCUT2D eigenvalue weighted by Gasteiger charge is -2.13. The Morgan fingerprint density at radius 3 is 2.50 bits per heavy atom. The third-order valence-corrected chi connectivity index (χ3v) is 3.79. The van der Waals surface area contributed by atoms with Crippen molar-refractivity contribution in [3.8, 4) is 17.2 Å². The van der Waals surface area contributed by atoms with Gasteiger partial charge in [-0.05, 0) is 23.7 Å². The molecule has 0 aliphatic heterocycles. The van der Waals surface area contributed by atoms with Gasteiger partial charge in [0.15, 0.2) is 11.5 Å². The Morgan fingerprint density at radius 1 is 1.15 bits per heavy atom. The maximum absolute atomic E-state index is 11.0. The minimum absolute atomic E-state index is 0.0443. The number of anilines is 2. The van der Waals surface area contributed by atoms with Crippen LogP contribution in [0.15, 0.2) is 30.3 Å². The van der Waals surface area contributed by atoms with Gasteiger partial charge in [0, 0.05) is 23.6 Å². The van der Waals surface area contributed by atoms with Crippen LogP contribution < -0.4 is 14.8 Å². The van der Waals surface area contributed by atoms with Crippen molar-refractivity contribution in [1.82, 2.24) is 9.97 Å². The number of rotatable bonds is 5. The largest absolute Gasteiger partial charge is 0.506 e. The lowest BCUT2D eigenvalue weighted by Crippen LogP contribution is -2.00. The molecule has 134 valence electrons. The van der Waals surface area contributed by atoms with Crippen molar-refractivity contribution in [3.63, 3.8) is 0 Å². The SMILES string of the molecule is COc1cc2nc(Cl)nc(Nc3cc([N+](=O)[O-])ccc3O)c2cc1OC. The molecule has 0 amide bonds. The molecule has 0 saturated heterocycles. The van der Waals surface area contributed by atoms with E-state index in [1.807, 2.05) is 0 Å². The number of aromatic nitrogens is 2. The van der Waals surface area contributed by atoms with E-state index in [1.54, 1.807) is 12.1 Å². The van der Waals surface area contributed by atoms with Gasteiger partial charge in [-0.3, -0.25) is 10.1 Å². The summed E-state index contributed by atoms with van der Waals surface area (Å²) in [7, 11) is 2.98. The van der Waals surface area contributed by atoms with E-state index >= 15 is 0 Å². The number of halogens is 1. The average molecular weight is 377 g/mol. The molecule has 10 heteroatoms. The number of hydrogen-bond donors (Lipinski definition) is 2. The van der Waals surface area contributed by atoms with E-state index in [1.165, 1.54) is 32.4 Å². The van der Waals surface area contributed by atoms with Crippen LogP contribution in [0.25, 0.3) is 10.9 Å². The van der Waals surface area contributed by atoms with Crippen LogP contribution in [-0.4, -0.2) is 34.2 Å². The number of nitro groups is 1. The van der Waals surface area contributed by atoms with Crippen molar-refractivity contribution in [2.75, 3.05) is 19.5 Å². The summed E-state index contributed by atoms with van der Waals surface area (Å²) in [6.45, 7) is 0. The van der Waals surface area contributed by atoms with Crippen LogP contribution in [0.3, 0.4) is 0 Å². The van der Waals surface area contributed by atoms with Gasteiger partial charge in [-0.25, -0.2) is 4.98 Å². The summed E-state index contributed by atoms with van der Waals surface area (Å²) in [6.07, 6.45) is 0. The quantitative estimate of drug-likeness (QED) is 0.299. The summed E-state index contributed by atoms with van der Waals surface area (Å²) in [5, 5.41) is 24.3. The van der Waals surface area contributed by atoms with Gasteiger partial charge in [-0.15, -0.1) is 0 Å². The molecule has 0 bridgehead atoms. The number of benzene rings is 2. The van der Waals surface area contributed by atoms with Crippen LogP contribution in [0.2, 0.25) is 5.28 Å². The molecule has 0 spiro atoms. The maximum atomic E-state index is 11.0. The molecular weight excluding hydrogens is 364 g/mol. The molecule has 0 atom stereocenters. The topological polar surface area (TPSA) is 120 Å². The van der Waals surface area contributed by atoms with Crippen molar-refractivity contribution >= 4 is 39.7 Å². The van der Waals surface area contributed by atoms with Crippen molar-refractivity contribution in [2.45, 2.75) is 0 Å². The van der Waals surface area contributed by atoms with Crippen LogP contribution in [0.1, 0.15) is 0 Å². The van der Waals surface area contributed by atoms with Crippen LogP contribution >= 0.6 is 11.6 Å². The zero-order valence-electron chi connectivity index (χ0n) is 13.7. The van der Waals surface area contributed by atoms with E-state index in [-0.39, 0.29) is 28.2 Å². The fraction of sp³-hybridized carbons (Fsp3) is 0.125. The molecule has 2 N–H and O–H groups in total. The Bertz CT molecular complexity index is 1010. The normalized spacial score (nSPS) is 10.6. The molecule has 2 aromatic carbocycles. The Morgan fingerprint density at radius 2 is 1.85 bits per heavy atom. The molecular formula is C16H13ClN4O5. The average Bonchev–Trinajstić information content (AvgIpc) is 2.62. The summed E-state index contributed by atoms with van der Waals surface area (Å²) >= 11 is 5.98. The van der Waals surface area contributed by atoms with Crippen molar-refractivity contribution in [2.24, 2.45) is 0 Å². The first-order chi connectivity index (χ1) is 12.4. The van der Waals surface area contributed by atoms with E-state index < -0.39 is 4.92 Å². The number of hydrogen-bond acceptors (Lipinski definition) is 8. The molecule has 0 aliphatic rings. The van der Waals surface area contributed by atoms with Gasteiger partial charge in [0.25, 0.3) is 5.69 Å². The lowest BCUT2D eigenvalue weighted by molar-refractivity contribution is -0.384. The molecule has 0 saturated carbocycles. The van der Waals surface area contributed by atoms with E-state index in [0.717, 1.165) is 0 Å².